The highest BCUT2D eigenvalue weighted by Crippen LogP contribution is 2.11. The van der Waals surface area contributed by atoms with Gasteiger partial charge in [0.25, 0.3) is 11.8 Å². The van der Waals surface area contributed by atoms with Crippen molar-refractivity contribution < 1.29 is 32.0 Å². The number of carbonyl (C=O) groups excluding carboxylic acids is 3. The fourth-order valence-corrected chi connectivity index (χ4v) is 4.20. The van der Waals surface area contributed by atoms with Gasteiger partial charge in [0.2, 0.25) is 0 Å². The van der Waals surface area contributed by atoms with Crippen LogP contribution >= 0.6 is 0 Å². The largest absolute Gasteiger partial charge is 0.459 e. The maximum Gasteiger partial charge on any atom is 0.329 e. The van der Waals surface area contributed by atoms with Gasteiger partial charge in [-0.3, -0.25) is 9.59 Å². The minimum absolute atomic E-state index is 0.0337. The summed E-state index contributed by atoms with van der Waals surface area (Å²) in [7, 11) is -3.11. The molecule has 2 amide bonds. The molecule has 9 nitrogen and oxygen atoms in total. The van der Waals surface area contributed by atoms with Crippen molar-refractivity contribution in [3.05, 3.63) is 24.2 Å². The Bertz CT molecular complexity index is 756. The molecule has 0 saturated carbocycles. The molecule has 1 fully saturated rings. The van der Waals surface area contributed by atoms with E-state index in [1.54, 1.807) is 19.9 Å². The summed E-state index contributed by atoms with van der Waals surface area (Å²) in [5.41, 5.74) is 0. The average molecular weight is 386 g/mol. The second-order valence-corrected chi connectivity index (χ2v) is 8.68. The first-order chi connectivity index (χ1) is 12.2. The van der Waals surface area contributed by atoms with Crippen LogP contribution in [0.3, 0.4) is 0 Å². The Morgan fingerprint density at radius 1 is 1.35 bits per heavy atom. The molecule has 1 aliphatic heterocycles. The van der Waals surface area contributed by atoms with E-state index in [1.165, 1.54) is 12.3 Å². The Kier molecular flexibility index (Phi) is 6.41. The summed E-state index contributed by atoms with van der Waals surface area (Å²) >= 11 is 0. The number of hydrogen-bond donors (Lipinski definition) is 2. The third-order valence-corrected chi connectivity index (χ3v) is 5.66. The number of hydrogen-bond acceptors (Lipinski definition) is 7. The van der Waals surface area contributed by atoms with Crippen molar-refractivity contribution in [3.63, 3.8) is 0 Å². The number of ether oxygens (including phenoxy) is 1. The van der Waals surface area contributed by atoms with Crippen LogP contribution < -0.4 is 10.6 Å². The fraction of sp³-hybridized carbons (Fsp3) is 0.562. The van der Waals surface area contributed by atoms with E-state index in [0.717, 1.165) is 0 Å². The highest BCUT2D eigenvalue weighted by atomic mass is 32.2. The summed E-state index contributed by atoms with van der Waals surface area (Å²) in [6.07, 6.45) is 1.68. The van der Waals surface area contributed by atoms with E-state index in [2.05, 4.69) is 10.6 Å². The van der Waals surface area contributed by atoms with Crippen molar-refractivity contribution in [2.75, 3.05) is 18.1 Å². The molecule has 1 aromatic heterocycles. The van der Waals surface area contributed by atoms with E-state index in [1.807, 2.05) is 0 Å². The van der Waals surface area contributed by atoms with E-state index < -0.39 is 46.3 Å². The van der Waals surface area contributed by atoms with Crippen LogP contribution in [-0.2, 0) is 24.2 Å². The Balaban J connectivity index is 1.83. The molecule has 1 saturated heterocycles. The maximum atomic E-state index is 12.2. The zero-order chi connectivity index (χ0) is 19.3. The Hall–Kier alpha value is -2.36. The monoisotopic (exact) mass is 386 g/mol. The highest BCUT2D eigenvalue weighted by molar-refractivity contribution is 7.91. The first kappa shape index (κ1) is 20.0. The first-order valence-corrected chi connectivity index (χ1v) is 10.0. The van der Waals surface area contributed by atoms with Gasteiger partial charge in [-0.2, -0.15) is 0 Å². The highest BCUT2D eigenvalue weighted by Gasteiger charge is 2.30. The van der Waals surface area contributed by atoms with Crippen LogP contribution in [0, 0.1) is 5.92 Å². The lowest BCUT2D eigenvalue weighted by molar-refractivity contribution is -0.151. The molecule has 1 aromatic rings. The van der Waals surface area contributed by atoms with Crippen LogP contribution in [0.1, 0.15) is 30.8 Å². The molecule has 2 N–H and O–H groups in total. The van der Waals surface area contributed by atoms with Gasteiger partial charge in [-0.05, 0) is 24.5 Å². The molecule has 0 radical (unpaired) electrons. The van der Waals surface area contributed by atoms with Crippen molar-refractivity contribution in [3.8, 4) is 0 Å². The van der Waals surface area contributed by atoms with Gasteiger partial charge in [-0.1, -0.05) is 13.8 Å². The van der Waals surface area contributed by atoms with Crippen LogP contribution in [0.2, 0.25) is 0 Å². The Labute approximate surface area is 151 Å². The molecule has 0 aromatic carbocycles. The normalized spacial score (nSPS) is 19.7. The van der Waals surface area contributed by atoms with Gasteiger partial charge >= 0.3 is 5.97 Å². The summed E-state index contributed by atoms with van der Waals surface area (Å²) in [5, 5.41) is 5.03. The van der Waals surface area contributed by atoms with Crippen LogP contribution in [0.15, 0.2) is 22.8 Å². The predicted molar refractivity (Wildman–Crippen MR) is 91.0 cm³/mol. The fourth-order valence-electron chi connectivity index (χ4n) is 2.52. The predicted octanol–water partition coefficient (Wildman–Crippen LogP) is -0.119. The number of furan rings is 1. The maximum absolute atomic E-state index is 12.2. The SMILES string of the molecule is CC(C)[C@H](NC(=O)c1ccco1)C(=O)OCC(=O)NC1CCS(=O)(=O)C1. The molecule has 26 heavy (non-hydrogen) atoms. The van der Waals surface area contributed by atoms with Gasteiger partial charge in [0, 0.05) is 6.04 Å². The summed E-state index contributed by atoms with van der Waals surface area (Å²) in [4.78, 5) is 36.0. The molecular formula is C16H22N2O7S. The molecule has 10 heteroatoms. The summed E-state index contributed by atoms with van der Waals surface area (Å²) in [5.74, 6) is -2.19. The van der Waals surface area contributed by atoms with Crippen molar-refractivity contribution in [2.45, 2.75) is 32.4 Å². The van der Waals surface area contributed by atoms with Crippen molar-refractivity contribution >= 4 is 27.6 Å². The molecule has 1 unspecified atom stereocenters. The molecule has 2 atom stereocenters. The lowest BCUT2D eigenvalue weighted by Gasteiger charge is -2.20. The molecule has 144 valence electrons. The van der Waals surface area contributed by atoms with Gasteiger partial charge in [0.1, 0.15) is 6.04 Å². The molecule has 0 spiro atoms. The van der Waals surface area contributed by atoms with Gasteiger partial charge in [-0.25, -0.2) is 13.2 Å². The van der Waals surface area contributed by atoms with E-state index in [9.17, 15) is 22.8 Å². The number of sulfone groups is 1. The minimum atomic E-state index is -3.11. The van der Waals surface area contributed by atoms with Crippen LogP contribution in [-0.4, -0.2) is 56.4 Å². The third-order valence-electron chi connectivity index (χ3n) is 3.90. The molecule has 0 aliphatic carbocycles. The number of carbonyl (C=O) groups is 3. The van der Waals surface area contributed by atoms with E-state index >= 15 is 0 Å². The summed E-state index contributed by atoms with van der Waals surface area (Å²) in [6.45, 7) is 2.89. The van der Waals surface area contributed by atoms with Gasteiger partial charge in [0.05, 0.1) is 17.8 Å². The zero-order valence-electron chi connectivity index (χ0n) is 14.6. The van der Waals surface area contributed by atoms with E-state index in [4.69, 9.17) is 9.15 Å². The van der Waals surface area contributed by atoms with Crippen LogP contribution in [0.5, 0.6) is 0 Å². The zero-order valence-corrected chi connectivity index (χ0v) is 15.4. The van der Waals surface area contributed by atoms with Crippen LogP contribution in [0.25, 0.3) is 0 Å². The minimum Gasteiger partial charge on any atom is -0.459 e. The molecule has 1 aliphatic rings. The quantitative estimate of drug-likeness (QED) is 0.624. The Morgan fingerprint density at radius 3 is 2.62 bits per heavy atom. The lowest BCUT2D eigenvalue weighted by Crippen LogP contribution is -2.46. The van der Waals surface area contributed by atoms with Crippen molar-refractivity contribution in [1.82, 2.24) is 10.6 Å². The second kappa shape index (κ2) is 8.35. The smallest absolute Gasteiger partial charge is 0.329 e. The number of amides is 2. The summed E-state index contributed by atoms with van der Waals surface area (Å²) in [6, 6.07) is 1.59. The van der Waals surface area contributed by atoms with Crippen molar-refractivity contribution in [1.29, 1.82) is 0 Å². The van der Waals surface area contributed by atoms with Gasteiger partial charge < -0.3 is 19.8 Å². The standard InChI is InChI=1S/C16H22N2O7S/c1-10(2)14(18-15(20)12-4-3-6-24-12)16(21)25-8-13(19)17-11-5-7-26(22,23)9-11/h3-4,6,10-11,14H,5,7-9H2,1-2H3,(H,17,19)(H,18,20)/t11?,14-/m0/s1. The van der Waals surface area contributed by atoms with Gasteiger partial charge in [-0.15, -0.1) is 0 Å². The van der Waals surface area contributed by atoms with E-state index in [-0.39, 0.29) is 23.2 Å². The molecular weight excluding hydrogens is 364 g/mol. The molecule has 0 bridgehead atoms. The van der Waals surface area contributed by atoms with Gasteiger partial charge in [0.15, 0.2) is 22.2 Å². The summed E-state index contributed by atoms with van der Waals surface area (Å²) < 4.78 is 32.7. The second-order valence-electron chi connectivity index (χ2n) is 6.45. The Morgan fingerprint density at radius 2 is 2.08 bits per heavy atom. The number of nitrogens with one attached hydrogen (secondary N) is 2. The van der Waals surface area contributed by atoms with Crippen LogP contribution in [0.4, 0.5) is 0 Å². The van der Waals surface area contributed by atoms with Crippen molar-refractivity contribution in [2.24, 2.45) is 5.92 Å². The first-order valence-electron chi connectivity index (χ1n) is 8.19. The lowest BCUT2D eigenvalue weighted by atomic mass is 10.0. The topological polar surface area (TPSA) is 132 Å². The van der Waals surface area contributed by atoms with E-state index in [0.29, 0.717) is 6.42 Å². The molecule has 2 rings (SSSR count). The average Bonchev–Trinajstić information content (AvgIpc) is 3.19. The molecule has 2 heterocycles. The number of esters is 1. The third kappa shape index (κ3) is 5.58. The number of rotatable bonds is 7.